The molecule has 4 aromatic rings. The van der Waals surface area contributed by atoms with Crippen molar-refractivity contribution in [3.8, 4) is 0 Å². The average Bonchev–Trinajstić information content (AvgIpc) is 2.99. The molecule has 22 heavy (non-hydrogen) atoms. The van der Waals surface area contributed by atoms with E-state index in [9.17, 15) is 4.79 Å². The molecule has 1 amide bonds. The maximum atomic E-state index is 12.4. The second-order valence-electron chi connectivity index (χ2n) is 4.93. The number of amides is 1. The van der Waals surface area contributed by atoms with E-state index in [-0.39, 0.29) is 5.91 Å². The van der Waals surface area contributed by atoms with E-state index in [0.717, 1.165) is 16.5 Å². The van der Waals surface area contributed by atoms with E-state index < -0.39 is 0 Å². The molecule has 1 N–H and O–H groups in total. The molecule has 0 aliphatic heterocycles. The standard InChI is InChI=1S/C17H12N4O/c22-17(15-11-16-18-9-4-10-21(16)20-15)19-14-8-3-6-12-5-1-2-7-13(12)14/h1-11H,(H,19,22). The van der Waals surface area contributed by atoms with E-state index in [0.29, 0.717) is 11.3 Å². The Bertz CT molecular complexity index is 952. The lowest BCUT2D eigenvalue weighted by atomic mass is 10.1. The molecule has 2 aromatic carbocycles. The highest BCUT2D eigenvalue weighted by molar-refractivity contribution is 6.08. The minimum atomic E-state index is -0.248. The highest BCUT2D eigenvalue weighted by atomic mass is 16.1. The predicted molar refractivity (Wildman–Crippen MR) is 84.9 cm³/mol. The van der Waals surface area contributed by atoms with Gasteiger partial charge in [0, 0.05) is 29.5 Å². The molecular weight excluding hydrogens is 276 g/mol. The van der Waals surface area contributed by atoms with E-state index in [4.69, 9.17) is 0 Å². The van der Waals surface area contributed by atoms with Gasteiger partial charge in [-0.25, -0.2) is 9.50 Å². The third-order valence-electron chi connectivity index (χ3n) is 3.51. The number of aromatic nitrogens is 3. The van der Waals surface area contributed by atoms with Gasteiger partial charge in [0.1, 0.15) is 0 Å². The SMILES string of the molecule is O=C(Nc1cccc2ccccc12)c1cc2ncccn2n1. The van der Waals surface area contributed by atoms with Crippen molar-refractivity contribution in [1.29, 1.82) is 0 Å². The van der Waals surface area contributed by atoms with Crippen molar-refractivity contribution in [2.75, 3.05) is 5.32 Å². The van der Waals surface area contributed by atoms with Gasteiger partial charge in [0.05, 0.1) is 0 Å². The van der Waals surface area contributed by atoms with Gasteiger partial charge < -0.3 is 5.32 Å². The van der Waals surface area contributed by atoms with Crippen molar-refractivity contribution in [3.63, 3.8) is 0 Å². The highest BCUT2D eigenvalue weighted by Crippen LogP contribution is 2.23. The van der Waals surface area contributed by atoms with Crippen LogP contribution in [0.25, 0.3) is 16.4 Å². The number of carbonyl (C=O) groups is 1. The fraction of sp³-hybridized carbons (Fsp3) is 0. The van der Waals surface area contributed by atoms with Crippen molar-refractivity contribution >= 4 is 28.0 Å². The summed E-state index contributed by atoms with van der Waals surface area (Å²) in [4.78, 5) is 16.6. The fourth-order valence-corrected chi connectivity index (χ4v) is 2.46. The quantitative estimate of drug-likeness (QED) is 0.616. The number of nitrogens with one attached hydrogen (secondary N) is 1. The first kappa shape index (κ1) is 12.5. The summed E-state index contributed by atoms with van der Waals surface area (Å²) in [5, 5.41) is 9.23. The van der Waals surface area contributed by atoms with E-state index in [2.05, 4.69) is 15.4 Å². The molecule has 0 fully saturated rings. The zero-order valence-corrected chi connectivity index (χ0v) is 11.6. The lowest BCUT2D eigenvalue weighted by molar-refractivity contribution is 0.102. The topological polar surface area (TPSA) is 59.3 Å². The smallest absolute Gasteiger partial charge is 0.276 e. The second-order valence-corrected chi connectivity index (χ2v) is 4.93. The van der Waals surface area contributed by atoms with Crippen LogP contribution in [-0.2, 0) is 0 Å². The second kappa shape index (κ2) is 4.96. The van der Waals surface area contributed by atoms with Crippen molar-refractivity contribution < 1.29 is 4.79 Å². The summed E-state index contributed by atoms with van der Waals surface area (Å²) in [6.07, 6.45) is 3.43. The van der Waals surface area contributed by atoms with Crippen molar-refractivity contribution in [1.82, 2.24) is 14.6 Å². The van der Waals surface area contributed by atoms with E-state index >= 15 is 0 Å². The summed E-state index contributed by atoms with van der Waals surface area (Å²) in [6, 6.07) is 17.2. The molecule has 0 spiro atoms. The highest BCUT2D eigenvalue weighted by Gasteiger charge is 2.12. The zero-order chi connectivity index (χ0) is 14.9. The molecule has 5 heteroatoms. The Hall–Kier alpha value is -3.21. The first-order valence-corrected chi connectivity index (χ1v) is 6.91. The Morgan fingerprint density at radius 3 is 2.82 bits per heavy atom. The van der Waals surface area contributed by atoms with Crippen molar-refractivity contribution in [3.05, 3.63) is 72.7 Å². The molecule has 4 rings (SSSR count). The van der Waals surface area contributed by atoms with E-state index in [1.165, 1.54) is 0 Å². The normalized spacial score (nSPS) is 10.9. The lowest BCUT2D eigenvalue weighted by Crippen LogP contribution is -2.12. The van der Waals surface area contributed by atoms with Crippen LogP contribution in [0.2, 0.25) is 0 Å². The van der Waals surface area contributed by atoms with Gasteiger partial charge in [-0.3, -0.25) is 4.79 Å². The maximum absolute atomic E-state index is 12.4. The summed E-state index contributed by atoms with van der Waals surface area (Å²) < 4.78 is 1.58. The van der Waals surface area contributed by atoms with E-state index in [1.807, 2.05) is 42.5 Å². The molecule has 5 nitrogen and oxygen atoms in total. The Morgan fingerprint density at radius 1 is 1.05 bits per heavy atom. The summed E-state index contributed by atoms with van der Waals surface area (Å²) in [5.74, 6) is -0.248. The summed E-state index contributed by atoms with van der Waals surface area (Å²) in [7, 11) is 0. The van der Waals surface area contributed by atoms with Crippen LogP contribution in [0.5, 0.6) is 0 Å². The molecule has 106 valence electrons. The molecule has 0 atom stereocenters. The third-order valence-corrected chi connectivity index (χ3v) is 3.51. The molecule has 0 aliphatic carbocycles. The van der Waals surface area contributed by atoms with Crippen LogP contribution in [-0.4, -0.2) is 20.5 Å². The van der Waals surface area contributed by atoms with Gasteiger partial charge in [-0.15, -0.1) is 0 Å². The minimum Gasteiger partial charge on any atom is -0.320 e. The molecule has 0 radical (unpaired) electrons. The zero-order valence-electron chi connectivity index (χ0n) is 11.6. The predicted octanol–water partition coefficient (Wildman–Crippen LogP) is 3.13. The number of carbonyl (C=O) groups excluding carboxylic acids is 1. The summed E-state index contributed by atoms with van der Waals surface area (Å²) in [5.41, 5.74) is 1.75. The molecule has 0 bridgehead atoms. The van der Waals surface area contributed by atoms with E-state index in [1.54, 1.807) is 29.0 Å². The number of benzene rings is 2. The number of hydrogen-bond acceptors (Lipinski definition) is 3. The van der Waals surface area contributed by atoms with Gasteiger partial charge in [-0.1, -0.05) is 36.4 Å². The molecule has 0 saturated carbocycles. The number of fused-ring (bicyclic) bond motifs is 2. The first-order valence-electron chi connectivity index (χ1n) is 6.91. The Balaban J connectivity index is 1.71. The summed E-state index contributed by atoms with van der Waals surface area (Å²) >= 11 is 0. The molecule has 2 heterocycles. The minimum absolute atomic E-state index is 0.248. The Kier molecular flexibility index (Phi) is 2.83. The maximum Gasteiger partial charge on any atom is 0.276 e. The van der Waals surface area contributed by atoms with Gasteiger partial charge in [-0.2, -0.15) is 5.10 Å². The average molecular weight is 288 g/mol. The number of nitrogens with zero attached hydrogens (tertiary/aromatic N) is 3. The van der Waals surface area contributed by atoms with Crippen LogP contribution < -0.4 is 5.32 Å². The van der Waals surface area contributed by atoms with Gasteiger partial charge in [0.2, 0.25) is 0 Å². The summed E-state index contributed by atoms with van der Waals surface area (Å²) in [6.45, 7) is 0. The fourth-order valence-electron chi connectivity index (χ4n) is 2.46. The molecular formula is C17H12N4O. The third kappa shape index (κ3) is 2.09. The Labute approximate surface area is 126 Å². The van der Waals surface area contributed by atoms with Crippen LogP contribution in [0.1, 0.15) is 10.5 Å². The van der Waals surface area contributed by atoms with Gasteiger partial charge >= 0.3 is 0 Å². The monoisotopic (exact) mass is 288 g/mol. The lowest BCUT2D eigenvalue weighted by Gasteiger charge is -2.07. The molecule has 0 saturated heterocycles. The Morgan fingerprint density at radius 2 is 1.91 bits per heavy atom. The molecule has 0 aliphatic rings. The number of hydrogen-bond donors (Lipinski definition) is 1. The molecule has 0 unspecified atom stereocenters. The first-order chi connectivity index (χ1) is 10.8. The van der Waals surface area contributed by atoms with Crippen LogP contribution in [0.4, 0.5) is 5.69 Å². The van der Waals surface area contributed by atoms with Crippen LogP contribution in [0.3, 0.4) is 0 Å². The van der Waals surface area contributed by atoms with Gasteiger partial charge in [0.15, 0.2) is 11.3 Å². The molecule has 2 aromatic heterocycles. The van der Waals surface area contributed by atoms with Crippen molar-refractivity contribution in [2.45, 2.75) is 0 Å². The van der Waals surface area contributed by atoms with Crippen LogP contribution >= 0.6 is 0 Å². The van der Waals surface area contributed by atoms with Crippen LogP contribution in [0.15, 0.2) is 67.0 Å². The van der Waals surface area contributed by atoms with Gasteiger partial charge in [-0.05, 0) is 17.5 Å². The number of rotatable bonds is 2. The largest absolute Gasteiger partial charge is 0.320 e. The number of anilines is 1. The van der Waals surface area contributed by atoms with Crippen LogP contribution in [0, 0.1) is 0 Å². The van der Waals surface area contributed by atoms with Crippen molar-refractivity contribution in [2.24, 2.45) is 0 Å². The van der Waals surface area contributed by atoms with Gasteiger partial charge in [0.25, 0.3) is 5.91 Å².